The van der Waals surface area contributed by atoms with E-state index < -0.39 is 18.7 Å². The number of rotatable bonds is 7. The summed E-state index contributed by atoms with van der Waals surface area (Å²) in [5, 5.41) is 2.85. The number of aromatic amines is 1. The summed E-state index contributed by atoms with van der Waals surface area (Å²) in [6.45, 7) is 0.466. The van der Waals surface area contributed by atoms with Crippen LogP contribution in [0.2, 0.25) is 0 Å². The summed E-state index contributed by atoms with van der Waals surface area (Å²) in [4.78, 5) is 23.8. The number of carbonyl (C=O) groups excluding carboxylic acids is 1. The van der Waals surface area contributed by atoms with Crippen molar-refractivity contribution in [2.75, 3.05) is 6.61 Å². The Kier molecular flexibility index (Phi) is 6.16. The summed E-state index contributed by atoms with van der Waals surface area (Å²) < 4.78 is 41.1. The molecule has 1 aromatic carbocycles. The Hall–Kier alpha value is -3.36. The molecule has 0 aliphatic rings. The molecule has 0 fully saturated rings. The summed E-state index contributed by atoms with van der Waals surface area (Å²) in [6.07, 6.45) is -0.986. The molecule has 0 bridgehead atoms. The third kappa shape index (κ3) is 5.56. The Bertz CT molecular complexity index is 940. The second-order valence-corrected chi connectivity index (χ2v) is 6.27. The molecule has 9 heteroatoms. The molecule has 1 amide bonds. The van der Waals surface area contributed by atoms with Crippen LogP contribution in [0.15, 0.2) is 54.9 Å². The van der Waals surface area contributed by atoms with Crippen molar-refractivity contribution in [1.29, 1.82) is 0 Å². The minimum absolute atomic E-state index is 0.204. The van der Waals surface area contributed by atoms with Crippen LogP contribution < -0.4 is 10.1 Å². The predicted molar refractivity (Wildman–Crippen MR) is 100 cm³/mol. The van der Waals surface area contributed by atoms with Gasteiger partial charge in [0.15, 0.2) is 6.61 Å². The maximum atomic E-state index is 12.5. The zero-order valence-corrected chi connectivity index (χ0v) is 15.5. The zero-order valence-electron chi connectivity index (χ0n) is 15.5. The lowest BCUT2D eigenvalue weighted by Gasteiger charge is -2.15. The number of hydrogen-bond acceptors (Lipinski definition) is 4. The number of benzene rings is 1. The van der Waals surface area contributed by atoms with Gasteiger partial charge >= 0.3 is 6.18 Å². The van der Waals surface area contributed by atoms with Crippen LogP contribution in [0.3, 0.4) is 0 Å². The molecule has 0 aliphatic heterocycles. The number of nitrogens with zero attached hydrogens (tertiary/aromatic N) is 2. The molecular weight excluding hydrogens is 385 g/mol. The number of ether oxygens (including phenoxy) is 1. The standard InChI is InChI=1S/C20H19F3N4O2/c1-2-15(18-25-11-16(26-18)13-6-4-3-5-7-13)27-19(28)14-8-9-17(24-10-14)29-12-20(21,22)23/h3-11,15H,2,12H2,1H3,(H,25,26)(H,27,28). The van der Waals surface area contributed by atoms with Crippen LogP contribution >= 0.6 is 0 Å². The number of H-pyrrole nitrogens is 1. The lowest BCUT2D eigenvalue weighted by Crippen LogP contribution is -2.29. The quantitative estimate of drug-likeness (QED) is 0.616. The second kappa shape index (κ2) is 8.76. The van der Waals surface area contributed by atoms with Gasteiger partial charge in [-0.15, -0.1) is 0 Å². The zero-order chi connectivity index (χ0) is 20.9. The number of alkyl halides is 3. The van der Waals surface area contributed by atoms with E-state index in [9.17, 15) is 18.0 Å². The molecular formula is C20H19F3N4O2. The number of halogens is 3. The van der Waals surface area contributed by atoms with Gasteiger partial charge < -0.3 is 15.0 Å². The Balaban J connectivity index is 1.65. The molecule has 0 radical (unpaired) electrons. The molecule has 1 atom stereocenters. The van der Waals surface area contributed by atoms with Gasteiger partial charge in [-0.2, -0.15) is 13.2 Å². The van der Waals surface area contributed by atoms with Crippen molar-refractivity contribution in [3.8, 4) is 17.1 Å². The van der Waals surface area contributed by atoms with Crippen molar-refractivity contribution in [3.63, 3.8) is 0 Å². The Labute approximate surface area is 165 Å². The molecule has 0 aliphatic carbocycles. The van der Waals surface area contributed by atoms with Gasteiger partial charge in [-0.1, -0.05) is 37.3 Å². The first-order chi connectivity index (χ1) is 13.9. The second-order valence-electron chi connectivity index (χ2n) is 6.27. The van der Waals surface area contributed by atoms with Gasteiger partial charge in [-0.25, -0.2) is 9.97 Å². The summed E-state index contributed by atoms with van der Waals surface area (Å²) in [5.41, 5.74) is 2.02. The molecule has 0 saturated heterocycles. The molecule has 2 N–H and O–H groups in total. The lowest BCUT2D eigenvalue weighted by atomic mass is 10.1. The first-order valence-corrected chi connectivity index (χ1v) is 8.92. The van der Waals surface area contributed by atoms with Gasteiger partial charge in [0, 0.05) is 12.3 Å². The van der Waals surface area contributed by atoms with Crippen LogP contribution in [0, 0.1) is 0 Å². The van der Waals surface area contributed by atoms with Crippen LogP contribution in [-0.2, 0) is 0 Å². The molecule has 6 nitrogen and oxygen atoms in total. The van der Waals surface area contributed by atoms with E-state index in [1.165, 1.54) is 18.3 Å². The SMILES string of the molecule is CCC(NC(=O)c1ccc(OCC(F)(F)F)nc1)c1ncc(-c2ccccc2)[nH]1. The molecule has 29 heavy (non-hydrogen) atoms. The van der Waals surface area contributed by atoms with E-state index >= 15 is 0 Å². The minimum Gasteiger partial charge on any atom is -0.468 e. The minimum atomic E-state index is -4.45. The average molecular weight is 404 g/mol. The van der Waals surface area contributed by atoms with Crippen molar-refractivity contribution in [1.82, 2.24) is 20.3 Å². The monoisotopic (exact) mass is 404 g/mol. The van der Waals surface area contributed by atoms with Gasteiger partial charge in [0.1, 0.15) is 5.82 Å². The summed E-state index contributed by atoms with van der Waals surface area (Å²) >= 11 is 0. The van der Waals surface area contributed by atoms with Crippen LogP contribution in [0.25, 0.3) is 11.3 Å². The molecule has 152 valence electrons. The number of imidazole rings is 1. The largest absolute Gasteiger partial charge is 0.468 e. The van der Waals surface area contributed by atoms with Crippen LogP contribution in [-0.4, -0.2) is 33.6 Å². The van der Waals surface area contributed by atoms with Crippen LogP contribution in [0.4, 0.5) is 13.2 Å². The number of carbonyl (C=O) groups is 1. The Morgan fingerprint density at radius 2 is 1.90 bits per heavy atom. The van der Waals surface area contributed by atoms with E-state index in [1.54, 1.807) is 6.20 Å². The number of pyridine rings is 1. The van der Waals surface area contributed by atoms with E-state index in [1.807, 2.05) is 37.3 Å². The van der Waals surface area contributed by atoms with E-state index in [4.69, 9.17) is 0 Å². The van der Waals surface area contributed by atoms with Crippen molar-refractivity contribution in [3.05, 3.63) is 66.2 Å². The Morgan fingerprint density at radius 1 is 1.14 bits per heavy atom. The summed E-state index contributed by atoms with van der Waals surface area (Å²) in [5.74, 6) is -0.00775. The number of amides is 1. The Morgan fingerprint density at radius 3 is 2.52 bits per heavy atom. The first-order valence-electron chi connectivity index (χ1n) is 8.92. The highest BCUT2D eigenvalue weighted by Gasteiger charge is 2.28. The predicted octanol–water partition coefficient (Wildman–Crippen LogP) is 4.29. The van der Waals surface area contributed by atoms with Gasteiger partial charge in [-0.3, -0.25) is 4.79 Å². The van der Waals surface area contributed by atoms with E-state index in [-0.39, 0.29) is 17.5 Å². The van der Waals surface area contributed by atoms with Gasteiger partial charge in [0.2, 0.25) is 5.88 Å². The fourth-order valence-electron chi connectivity index (χ4n) is 2.64. The maximum Gasteiger partial charge on any atom is 0.422 e. The van der Waals surface area contributed by atoms with E-state index in [0.717, 1.165) is 11.3 Å². The highest BCUT2D eigenvalue weighted by Crippen LogP contribution is 2.21. The third-order valence-corrected chi connectivity index (χ3v) is 4.11. The van der Waals surface area contributed by atoms with Crippen molar-refractivity contribution in [2.24, 2.45) is 0 Å². The van der Waals surface area contributed by atoms with Crippen LogP contribution in [0.1, 0.15) is 35.6 Å². The van der Waals surface area contributed by atoms with Crippen LogP contribution in [0.5, 0.6) is 5.88 Å². The fraction of sp³-hybridized carbons (Fsp3) is 0.250. The average Bonchev–Trinajstić information content (AvgIpc) is 3.21. The van der Waals surface area contributed by atoms with Gasteiger partial charge in [0.25, 0.3) is 5.91 Å². The highest BCUT2D eigenvalue weighted by molar-refractivity contribution is 5.94. The topological polar surface area (TPSA) is 79.9 Å². The third-order valence-electron chi connectivity index (χ3n) is 4.11. The van der Waals surface area contributed by atoms with E-state index in [2.05, 4.69) is 25.0 Å². The molecule has 0 spiro atoms. The van der Waals surface area contributed by atoms with Gasteiger partial charge in [-0.05, 0) is 18.1 Å². The van der Waals surface area contributed by atoms with Gasteiger partial charge in [0.05, 0.1) is 23.5 Å². The lowest BCUT2D eigenvalue weighted by molar-refractivity contribution is -0.154. The van der Waals surface area contributed by atoms with Crippen molar-refractivity contribution < 1.29 is 22.7 Å². The molecule has 3 rings (SSSR count). The normalized spacial score (nSPS) is 12.4. The molecule has 3 aromatic rings. The summed E-state index contributed by atoms with van der Waals surface area (Å²) in [7, 11) is 0. The molecule has 2 aromatic heterocycles. The molecule has 2 heterocycles. The number of nitrogens with one attached hydrogen (secondary N) is 2. The molecule has 1 unspecified atom stereocenters. The highest BCUT2D eigenvalue weighted by atomic mass is 19.4. The summed E-state index contributed by atoms with van der Waals surface area (Å²) in [6, 6.07) is 11.9. The number of hydrogen-bond donors (Lipinski definition) is 2. The van der Waals surface area contributed by atoms with E-state index in [0.29, 0.717) is 12.2 Å². The smallest absolute Gasteiger partial charge is 0.422 e. The molecule has 0 saturated carbocycles. The first kappa shape index (κ1) is 20.4. The van der Waals surface area contributed by atoms with Crippen molar-refractivity contribution in [2.45, 2.75) is 25.6 Å². The maximum absolute atomic E-state index is 12.5. The number of aromatic nitrogens is 3. The van der Waals surface area contributed by atoms with Crippen molar-refractivity contribution >= 4 is 5.91 Å². The fourth-order valence-corrected chi connectivity index (χ4v) is 2.64.